The molecule has 140 valence electrons. The summed E-state index contributed by atoms with van der Waals surface area (Å²) in [5.74, 6) is -0.174. The second-order valence-corrected chi connectivity index (χ2v) is 6.38. The lowest BCUT2D eigenvalue weighted by Crippen LogP contribution is -2.23. The van der Waals surface area contributed by atoms with Crippen LogP contribution in [0, 0.1) is 0 Å². The zero-order valence-electron chi connectivity index (χ0n) is 15.6. The van der Waals surface area contributed by atoms with Gasteiger partial charge in [-0.1, -0.05) is 48.5 Å². The quantitative estimate of drug-likeness (QED) is 0.562. The summed E-state index contributed by atoms with van der Waals surface area (Å²) in [6.07, 6.45) is 3.68. The Morgan fingerprint density at radius 3 is 2.36 bits per heavy atom. The van der Waals surface area contributed by atoms with Crippen molar-refractivity contribution in [3.8, 4) is 16.9 Å². The van der Waals surface area contributed by atoms with Gasteiger partial charge in [0.25, 0.3) is 5.91 Å². The van der Waals surface area contributed by atoms with E-state index in [4.69, 9.17) is 0 Å². The van der Waals surface area contributed by atoms with Crippen molar-refractivity contribution in [2.24, 2.45) is 0 Å². The lowest BCUT2D eigenvalue weighted by molar-refractivity contribution is 0.0951. The maximum Gasteiger partial charge on any atom is 0.255 e. The molecule has 0 atom stereocenters. The van der Waals surface area contributed by atoms with Crippen molar-refractivity contribution in [2.75, 3.05) is 0 Å². The van der Waals surface area contributed by atoms with Gasteiger partial charge in [-0.05, 0) is 25.1 Å². The van der Waals surface area contributed by atoms with E-state index in [2.05, 4.69) is 15.5 Å². The summed E-state index contributed by atoms with van der Waals surface area (Å²) in [7, 11) is 0. The Bertz CT molecular complexity index is 1070. The molecule has 4 rings (SSSR count). The van der Waals surface area contributed by atoms with E-state index in [0.717, 1.165) is 23.5 Å². The second kappa shape index (κ2) is 7.92. The van der Waals surface area contributed by atoms with Crippen molar-refractivity contribution in [1.29, 1.82) is 0 Å². The molecule has 4 aromatic rings. The number of hydrogen-bond donors (Lipinski definition) is 1. The summed E-state index contributed by atoms with van der Waals surface area (Å²) in [5.41, 5.74) is 3.82. The third-order valence-electron chi connectivity index (χ3n) is 4.48. The number of rotatable bonds is 6. The van der Waals surface area contributed by atoms with Crippen molar-refractivity contribution in [2.45, 2.75) is 20.0 Å². The molecule has 6 heteroatoms. The number of amides is 1. The average Bonchev–Trinajstić information content (AvgIpc) is 3.40. The first-order chi connectivity index (χ1) is 13.7. The van der Waals surface area contributed by atoms with Crippen LogP contribution in [0.25, 0.3) is 16.9 Å². The summed E-state index contributed by atoms with van der Waals surface area (Å²) in [5, 5.41) is 12.0. The van der Waals surface area contributed by atoms with E-state index in [0.29, 0.717) is 17.8 Å². The minimum atomic E-state index is -0.174. The maximum absolute atomic E-state index is 12.9. The van der Waals surface area contributed by atoms with E-state index in [1.54, 1.807) is 10.9 Å². The average molecular weight is 371 g/mol. The largest absolute Gasteiger partial charge is 0.346 e. The Labute approximate surface area is 163 Å². The van der Waals surface area contributed by atoms with Gasteiger partial charge < -0.3 is 5.32 Å². The van der Waals surface area contributed by atoms with E-state index in [1.165, 1.54) is 0 Å². The Morgan fingerprint density at radius 2 is 1.68 bits per heavy atom. The van der Waals surface area contributed by atoms with Gasteiger partial charge in [-0.3, -0.25) is 9.48 Å². The predicted molar refractivity (Wildman–Crippen MR) is 108 cm³/mol. The minimum absolute atomic E-state index is 0.174. The van der Waals surface area contributed by atoms with E-state index in [-0.39, 0.29) is 5.91 Å². The van der Waals surface area contributed by atoms with Crippen LogP contribution in [-0.4, -0.2) is 25.5 Å². The number of nitrogens with one attached hydrogen (secondary N) is 1. The van der Waals surface area contributed by atoms with Crippen molar-refractivity contribution < 1.29 is 4.79 Å². The normalized spacial score (nSPS) is 10.8. The Morgan fingerprint density at radius 1 is 0.964 bits per heavy atom. The van der Waals surface area contributed by atoms with Gasteiger partial charge in [-0.2, -0.15) is 10.2 Å². The van der Waals surface area contributed by atoms with Crippen molar-refractivity contribution in [3.05, 3.63) is 90.4 Å². The third-order valence-corrected chi connectivity index (χ3v) is 4.48. The summed E-state index contributed by atoms with van der Waals surface area (Å²) in [6.45, 7) is 3.20. The summed E-state index contributed by atoms with van der Waals surface area (Å²) in [6, 6.07) is 21.4. The van der Waals surface area contributed by atoms with E-state index >= 15 is 0 Å². The van der Waals surface area contributed by atoms with Gasteiger partial charge in [0, 0.05) is 24.5 Å². The highest BCUT2D eigenvalue weighted by molar-refractivity contribution is 5.99. The molecule has 2 aromatic carbocycles. The molecule has 0 saturated heterocycles. The monoisotopic (exact) mass is 371 g/mol. The van der Waals surface area contributed by atoms with Crippen LogP contribution in [0.4, 0.5) is 0 Å². The van der Waals surface area contributed by atoms with E-state index < -0.39 is 0 Å². The molecule has 0 saturated carbocycles. The molecule has 1 N–H and O–H groups in total. The van der Waals surface area contributed by atoms with Crippen LogP contribution < -0.4 is 5.32 Å². The van der Waals surface area contributed by atoms with Crippen LogP contribution in [0.3, 0.4) is 0 Å². The molecule has 0 aliphatic heterocycles. The number of aromatic nitrogens is 4. The molecule has 1 amide bonds. The summed E-state index contributed by atoms with van der Waals surface area (Å²) >= 11 is 0. The number of para-hydroxylation sites is 1. The molecule has 6 nitrogen and oxygen atoms in total. The summed E-state index contributed by atoms with van der Waals surface area (Å²) in [4.78, 5) is 12.9. The molecule has 0 fully saturated rings. The van der Waals surface area contributed by atoms with Crippen molar-refractivity contribution >= 4 is 5.91 Å². The molecule has 0 spiro atoms. The molecule has 0 bridgehead atoms. The highest BCUT2D eigenvalue weighted by Crippen LogP contribution is 2.23. The van der Waals surface area contributed by atoms with Gasteiger partial charge in [-0.25, -0.2) is 4.68 Å². The number of carbonyl (C=O) groups excluding carboxylic acids is 1. The first-order valence-corrected chi connectivity index (χ1v) is 9.25. The van der Waals surface area contributed by atoms with Gasteiger partial charge in [0.05, 0.1) is 23.5 Å². The molecule has 0 unspecified atom stereocenters. The lowest BCUT2D eigenvalue weighted by Gasteiger charge is -2.04. The van der Waals surface area contributed by atoms with Gasteiger partial charge >= 0.3 is 0 Å². The van der Waals surface area contributed by atoms with Gasteiger partial charge in [0.2, 0.25) is 0 Å². The number of hydrogen-bond acceptors (Lipinski definition) is 3. The van der Waals surface area contributed by atoms with Crippen LogP contribution >= 0.6 is 0 Å². The molecule has 2 aromatic heterocycles. The topological polar surface area (TPSA) is 64.7 Å². The second-order valence-electron chi connectivity index (χ2n) is 6.38. The third kappa shape index (κ3) is 3.71. The zero-order chi connectivity index (χ0) is 19.3. The van der Waals surface area contributed by atoms with Crippen LogP contribution in [0.2, 0.25) is 0 Å². The standard InChI is InChI=1S/C22H21N5O/c1-2-26-14-13-18(24-26)15-23-22(28)20-16-27(19-11-7-4-8-12-19)25-21(20)17-9-5-3-6-10-17/h3-14,16H,2,15H2,1H3,(H,23,28). The molecule has 0 aliphatic carbocycles. The lowest BCUT2D eigenvalue weighted by atomic mass is 10.1. The van der Waals surface area contributed by atoms with E-state index in [9.17, 15) is 4.79 Å². The predicted octanol–water partition coefficient (Wildman–Crippen LogP) is 3.69. The van der Waals surface area contributed by atoms with Crippen LogP contribution in [0.1, 0.15) is 23.0 Å². The van der Waals surface area contributed by atoms with Crippen molar-refractivity contribution in [3.63, 3.8) is 0 Å². The Hall–Kier alpha value is -3.67. The van der Waals surface area contributed by atoms with Crippen LogP contribution in [0.15, 0.2) is 79.1 Å². The van der Waals surface area contributed by atoms with Gasteiger partial charge in [-0.15, -0.1) is 0 Å². The smallest absolute Gasteiger partial charge is 0.255 e. The first-order valence-electron chi connectivity index (χ1n) is 9.25. The zero-order valence-corrected chi connectivity index (χ0v) is 15.6. The molecular weight excluding hydrogens is 350 g/mol. The van der Waals surface area contributed by atoms with E-state index in [1.807, 2.05) is 84.5 Å². The molecule has 0 radical (unpaired) electrons. The fourth-order valence-electron chi connectivity index (χ4n) is 3.00. The summed E-state index contributed by atoms with van der Waals surface area (Å²) < 4.78 is 3.58. The number of nitrogens with zero attached hydrogens (tertiary/aromatic N) is 4. The maximum atomic E-state index is 12.9. The molecular formula is C22H21N5O. The Balaban J connectivity index is 1.64. The molecule has 2 heterocycles. The SMILES string of the molecule is CCn1ccc(CNC(=O)c2cn(-c3ccccc3)nc2-c2ccccc2)n1. The fraction of sp³-hybridized carbons (Fsp3) is 0.136. The number of benzene rings is 2. The Kier molecular flexibility index (Phi) is 5.01. The molecule has 0 aliphatic rings. The van der Waals surface area contributed by atoms with Gasteiger partial charge in [0.15, 0.2) is 0 Å². The number of aryl methyl sites for hydroxylation is 1. The highest BCUT2D eigenvalue weighted by Gasteiger charge is 2.18. The van der Waals surface area contributed by atoms with Crippen LogP contribution in [0.5, 0.6) is 0 Å². The minimum Gasteiger partial charge on any atom is -0.346 e. The molecule has 28 heavy (non-hydrogen) atoms. The first kappa shape index (κ1) is 17.7. The highest BCUT2D eigenvalue weighted by atomic mass is 16.1. The van der Waals surface area contributed by atoms with Crippen LogP contribution in [-0.2, 0) is 13.1 Å². The van der Waals surface area contributed by atoms with Gasteiger partial charge in [0.1, 0.15) is 5.69 Å². The fourth-order valence-corrected chi connectivity index (χ4v) is 3.00. The number of carbonyl (C=O) groups is 1. The van der Waals surface area contributed by atoms with Crippen molar-refractivity contribution in [1.82, 2.24) is 24.9 Å².